The summed E-state index contributed by atoms with van der Waals surface area (Å²) in [5, 5.41) is 11.9. The predicted octanol–water partition coefficient (Wildman–Crippen LogP) is 4.96. The number of thiazole rings is 1. The molecule has 2 aliphatic carbocycles. The van der Waals surface area contributed by atoms with Gasteiger partial charge in [-0.3, -0.25) is 14.5 Å². The van der Waals surface area contributed by atoms with E-state index in [0.717, 1.165) is 66.9 Å². The molecule has 4 rings (SSSR count). The molecule has 2 aromatic rings. The first-order chi connectivity index (χ1) is 17.1. The topological polar surface area (TPSA) is 122 Å². The van der Waals surface area contributed by atoms with E-state index in [1.807, 2.05) is 0 Å². The molecule has 2 aliphatic rings. The van der Waals surface area contributed by atoms with Crippen LogP contribution in [0.15, 0.2) is 12.1 Å². The molecule has 12 heteroatoms. The molecule has 0 aromatic carbocycles. The lowest BCUT2D eigenvalue weighted by atomic mass is 9.63. The summed E-state index contributed by atoms with van der Waals surface area (Å²) in [6.45, 7) is 3.01. The Bertz CT molecular complexity index is 1150. The molecule has 2 heterocycles. The Hall–Kier alpha value is -3.15. The van der Waals surface area contributed by atoms with E-state index in [4.69, 9.17) is 5.11 Å². The van der Waals surface area contributed by atoms with Crippen molar-refractivity contribution in [3.8, 4) is 0 Å². The van der Waals surface area contributed by atoms with Crippen molar-refractivity contribution in [2.45, 2.75) is 64.8 Å². The van der Waals surface area contributed by atoms with Crippen LogP contribution in [-0.4, -0.2) is 45.7 Å². The van der Waals surface area contributed by atoms with Crippen LogP contribution in [0.5, 0.6) is 0 Å². The summed E-state index contributed by atoms with van der Waals surface area (Å²) in [7, 11) is 0. The first-order valence-corrected chi connectivity index (χ1v) is 12.7. The molecule has 2 fully saturated rings. The first-order valence-electron chi connectivity index (χ1n) is 11.9. The van der Waals surface area contributed by atoms with Crippen LogP contribution < -0.4 is 10.2 Å². The molecule has 2 atom stereocenters. The second-order valence-corrected chi connectivity index (χ2v) is 10.7. The first kappa shape index (κ1) is 25.9. The summed E-state index contributed by atoms with van der Waals surface area (Å²) >= 11 is 1.05. The van der Waals surface area contributed by atoms with E-state index in [9.17, 15) is 23.2 Å². The monoisotopic (exact) mass is 522 g/mol. The third kappa shape index (κ3) is 5.32. The molecule has 0 saturated heterocycles. The van der Waals surface area contributed by atoms with E-state index < -0.39 is 29.9 Å². The summed E-state index contributed by atoms with van der Waals surface area (Å²) < 4.78 is 32.4. The molecular weight excluding hydrogens is 494 g/mol. The highest BCUT2D eigenvalue weighted by atomic mass is 32.1. The van der Waals surface area contributed by atoms with Crippen LogP contribution in [-0.2, 0) is 9.53 Å². The van der Waals surface area contributed by atoms with Gasteiger partial charge < -0.3 is 15.2 Å². The van der Waals surface area contributed by atoms with Gasteiger partial charge in [-0.15, -0.1) is 11.3 Å². The molecule has 0 bridgehead atoms. The smallest absolute Gasteiger partial charge is 0.450 e. The minimum absolute atomic E-state index is 0.0408. The lowest BCUT2D eigenvalue weighted by Gasteiger charge is -2.47. The van der Waals surface area contributed by atoms with Crippen LogP contribution >= 0.6 is 11.3 Å². The number of anilines is 2. The highest BCUT2D eigenvalue weighted by molar-refractivity contribution is 7.16. The van der Waals surface area contributed by atoms with Crippen LogP contribution in [0.3, 0.4) is 0 Å². The van der Waals surface area contributed by atoms with Gasteiger partial charge in [0.2, 0.25) is 17.8 Å². The van der Waals surface area contributed by atoms with Gasteiger partial charge in [-0.05, 0) is 44.4 Å². The lowest BCUT2D eigenvalue weighted by molar-refractivity contribution is -0.121. The largest absolute Gasteiger partial charge is 0.505 e. The van der Waals surface area contributed by atoms with Crippen LogP contribution in [0.25, 0.3) is 0 Å². The molecule has 2 aromatic heterocycles. The average Bonchev–Trinajstić information content (AvgIpc) is 3.44. The normalized spacial score (nSPS) is 18.9. The summed E-state index contributed by atoms with van der Waals surface area (Å²) in [4.78, 5) is 46.2. The van der Waals surface area contributed by atoms with Crippen LogP contribution in [0.4, 0.5) is 24.4 Å². The van der Waals surface area contributed by atoms with Crippen molar-refractivity contribution in [1.82, 2.24) is 15.3 Å². The van der Waals surface area contributed by atoms with Crippen molar-refractivity contribution in [2.24, 2.45) is 11.3 Å². The number of hydrogen-bond acceptors (Lipinski definition) is 7. The predicted molar refractivity (Wildman–Crippen MR) is 127 cm³/mol. The van der Waals surface area contributed by atoms with Crippen molar-refractivity contribution in [1.29, 1.82) is 0 Å². The number of pyridine rings is 1. The number of ether oxygens (including phenoxy) is 1. The maximum absolute atomic E-state index is 14.0. The number of aryl methyl sites for hydroxylation is 1. The summed E-state index contributed by atoms with van der Waals surface area (Å²) in [5.74, 6) is -3.94. The highest BCUT2D eigenvalue weighted by Crippen LogP contribution is 2.53. The maximum Gasteiger partial charge on any atom is 0.505 e. The van der Waals surface area contributed by atoms with Gasteiger partial charge in [-0.2, -0.15) is 13.8 Å². The quantitative estimate of drug-likeness (QED) is 0.371. The molecule has 9 nitrogen and oxygen atoms in total. The standard InChI is InChI=1S/C24H28F2N4O5S/c1-13(6-10-35-23(33)34)21(32)30(15-11-17(25)28-18(26)12-15)22-29-19(14(2)36-22)20(31)27-16-5-9-24(16)7-3-4-8-24/h11-13,16H,3-10H2,1-2H3,(H,27,31)(H,33,34). The highest BCUT2D eigenvalue weighted by Gasteiger charge is 2.49. The second-order valence-electron chi connectivity index (χ2n) is 9.48. The zero-order chi connectivity index (χ0) is 26.0. The third-order valence-corrected chi connectivity index (χ3v) is 8.15. The molecule has 2 N–H and O–H groups in total. The molecule has 2 saturated carbocycles. The van der Waals surface area contributed by atoms with Crippen LogP contribution in [0, 0.1) is 30.2 Å². The van der Waals surface area contributed by atoms with Gasteiger partial charge in [-0.25, -0.2) is 9.78 Å². The summed E-state index contributed by atoms with van der Waals surface area (Å²) in [6.07, 6.45) is 5.12. The van der Waals surface area contributed by atoms with E-state index in [1.54, 1.807) is 13.8 Å². The van der Waals surface area contributed by atoms with Gasteiger partial charge in [0.15, 0.2) is 5.13 Å². The van der Waals surface area contributed by atoms with Gasteiger partial charge >= 0.3 is 6.16 Å². The Morgan fingerprint density at radius 3 is 2.47 bits per heavy atom. The number of carboxylic acid groups (broad SMARTS) is 1. The lowest BCUT2D eigenvalue weighted by Crippen LogP contribution is -2.54. The van der Waals surface area contributed by atoms with E-state index in [-0.39, 0.29) is 46.9 Å². The third-order valence-electron chi connectivity index (χ3n) is 7.19. The minimum Gasteiger partial charge on any atom is -0.450 e. The number of nitrogens with zero attached hydrogens (tertiary/aromatic N) is 3. The van der Waals surface area contributed by atoms with E-state index in [1.165, 1.54) is 0 Å². The Morgan fingerprint density at radius 1 is 1.22 bits per heavy atom. The number of carbonyl (C=O) groups is 3. The number of amides is 2. The van der Waals surface area contributed by atoms with E-state index in [0.29, 0.717) is 4.88 Å². The Labute approximate surface area is 210 Å². The summed E-state index contributed by atoms with van der Waals surface area (Å²) in [6, 6.07) is 1.89. The molecule has 1 spiro atoms. The van der Waals surface area contributed by atoms with Gasteiger partial charge in [0.25, 0.3) is 5.91 Å². The zero-order valence-corrected chi connectivity index (χ0v) is 20.9. The fourth-order valence-electron chi connectivity index (χ4n) is 5.10. The van der Waals surface area contributed by atoms with E-state index in [2.05, 4.69) is 20.0 Å². The molecule has 0 aliphatic heterocycles. The molecule has 36 heavy (non-hydrogen) atoms. The van der Waals surface area contributed by atoms with Gasteiger partial charge in [0, 0.05) is 29.0 Å². The van der Waals surface area contributed by atoms with E-state index >= 15 is 0 Å². The van der Waals surface area contributed by atoms with Crippen molar-refractivity contribution < 1.29 is 33.0 Å². The van der Waals surface area contributed by atoms with Crippen molar-refractivity contribution >= 4 is 40.1 Å². The van der Waals surface area contributed by atoms with Gasteiger partial charge in [0.1, 0.15) is 5.69 Å². The SMILES string of the molecule is Cc1sc(N(C(=O)C(C)CCOC(=O)O)c2cc(F)nc(F)c2)nc1C(=O)NC1CCC12CCCC2. The fourth-order valence-corrected chi connectivity index (χ4v) is 6.03. The zero-order valence-electron chi connectivity index (χ0n) is 20.1. The Kier molecular flexibility index (Phi) is 7.53. The second kappa shape index (κ2) is 10.5. The Morgan fingerprint density at radius 2 is 1.89 bits per heavy atom. The van der Waals surface area contributed by atoms with Crippen molar-refractivity contribution in [3.63, 3.8) is 0 Å². The van der Waals surface area contributed by atoms with Crippen molar-refractivity contribution in [2.75, 3.05) is 11.5 Å². The van der Waals surface area contributed by atoms with Crippen LogP contribution in [0.1, 0.15) is 67.2 Å². The van der Waals surface area contributed by atoms with Crippen LogP contribution in [0.2, 0.25) is 0 Å². The molecular formula is C24H28F2N4O5S. The molecule has 2 unspecified atom stereocenters. The number of hydrogen-bond donors (Lipinski definition) is 2. The fraction of sp³-hybridized carbons (Fsp3) is 0.542. The Balaban J connectivity index is 1.59. The molecule has 0 radical (unpaired) electrons. The molecule has 194 valence electrons. The summed E-state index contributed by atoms with van der Waals surface area (Å²) in [5.41, 5.74) is 0.189. The minimum atomic E-state index is -1.47. The number of nitrogens with one attached hydrogen (secondary N) is 1. The number of aromatic nitrogens is 2. The molecule has 2 amide bonds. The number of halogens is 2. The maximum atomic E-state index is 14.0. The number of rotatable bonds is 8. The number of carbonyl (C=O) groups excluding carboxylic acids is 2. The van der Waals surface area contributed by atoms with Crippen molar-refractivity contribution in [3.05, 3.63) is 34.6 Å². The average molecular weight is 523 g/mol. The van der Waals surface area contributed by atoms with Gasteiger partial charge in [-0.1, -0.05) is 19.8 Å². The van der Waals surface area contributed by atoms with Gasteiger partial charge in [0.05, 0.1) is 12.3 Å².